The molecule has 4 amide bonds. The van der Waals surface area contributed by atoms with Gasteiger partial charge in [0.15, 0.2) is 0 Å². The van der Waals surface area contributed by atoms with E-state index in [0.29, 0.717) is 40.9 Å². The Labute approximate surface area is 343 Å². The maximum absolute atomic E-state index is 14.8. The SMILES string of the molecule is C=C[C@@H]1C[C@]1(NC(=O)[C@@H]1C[C@@H](Oc2cc(-c3ccccc3)nc3cc(OC)ccc23)CN1C(=O)[C@@H](CC(=O)OC(C)(C)C)CN1CC=CC1=O)C(=O)NS(=O)(=O)C1CC1. The fourth-order valence-electron chi connectivity index (χ4n) is 7.69. The molecule has 5 atom stereocenters. The first kappa shape index (κ1) is 41.4. The lowest BCUT2D eigenvalue weighted by molar-refractivity contribution is -0.159. The van der Waals surface area contributed by atoms with Gasteiger partial charge in [0.05, 0.1) is 42.5 Å². The molecule has 7 rings (SSSR count). The average molecular weight is 828 g/mol. The first-order valence-corrected chi connectivity index (χ1v) is 21.2. The van der Waals surface area contributed by atoms with E-state index in [2.05, 4.69) is 16.6 Å². The minimum atomic E-state index is -3.95. The van der Waals surface area contributed by atoms with E-state index in [-0.39, 0.29) is 44.8 Å². The number of benzene rings is 2. The molecule has 0 unspecified atom stereocenters. The van der Waals surface area contributed by atoms with Gasteiger partial charge in [0.25, 0.3) is 5.91 Å². The molecule has 2 aliphatic carbocycles. The van der Waals surface area contributed by atoms with E-state index in [1.54, 1.807) is 52.2 Å². The summed E-state index contributed by atoms with van der Waals surface area (Å²) in [6, 6.07) is 15.4. The van der Waals surface area contributed by atoms with Crippen LogP contribution in [0.2, 0.25) is 0 Å². The number of sulfonamides is 1. The van der Waals surface area contributed by atoms with E-state index >= 15 is 0 Å². The monoisotopic (exact) mass is 827 g/mol. The van der Waals surface area contributed by atoms with Crippen LogP contribution in [-0.4, -0.2) is 108 Å². The number of rotatable bonds is 15. The fourth-order valence-corrected chi connectivity index (χ4v) is 9.05. The Hall–Kier alpha value is -5.77. The number of carbonyl (C=O) groups excluding carboxylic acids is 5. The summed E-state index contributed by atoms with van der Waals surface area (Å²) in [5, 5.41) is 2.78. The van der Waals surface area contributed by atoms with Crippen molar-refractivity contribution in [2.75, 3.05) is 26.7 Å². The van der Waals surface area contributed by atoms with Crippen LogP contribution in [0.1, 0.15) is 52.9 Å². The number of nitrogens with zero attached hydrogens (tertiary/aromatic N) is 3. The van der Waals surface area contributed by atoms with Crippen molar-refractivity contribution in [1.82, 2.24) is 24.8 Å². The highest BCUT2D eigenvalue weighted by molar-refractivity contribution is 7.91. The van der Waals surface area contributed by atoms with E-state index in [1.807, 2.05) is 36.4 Å². The second kappa shape index (κ2) is 16.1. The number of carbonyl (C=O) groups is 5. The molecule has 312 valence electrons. The van der Waals surface area contributed by atoms with Gasteiger partial charge in [0.1, 0.15) is 34.8 Å². The van der Waals surface area contributed by atoms with E-state index in [0.717, 1.165) is 5.56 Å². The third-order valence-corrected chi connectivity index (χ3v) is 12.8. The molecule has 0 radical (unpaired) electrons. The molecule has 1 saturated heterocycles. The molecule has 16 heteroatoms. The van der Waals surface area contributed by atoms with Gasteiger partial charge in [-0.1, -0.05) is 42.5 Å². The topological polar surface area (TPSA) is 191 Å². The zero-order valence-electron chi connectivity index (χ0n) is 33.5. The Kier molecular flexibility index (Phi) is 11.3. The number of fused-ring (bicyclic) bond motifs is 1. The van der Waals surface area contributed by atoms with Crippen LogP contribution in [0.4, 0.5) is 0 Å². The highest BCUT2D eigenvalue weighted by Gasteiger charge is 2.62. The second-order valence-corrected chi connectivity index (χ2v) is 18.5. The summed E-state index contributed by atoms with van der Waals surface area (Å²) in [6.45, 7) is 8.91. The van der Waals surface area contributed by atoms with Crippen LogP contribution in [0.25, 0.3) is 22.2 Å². The Morgan fingerprint density at radius 3 is 2.46 bits per heavy atom. The summed E-state index contributed by atoms with van der Waals surface area (Å²) in [7, 11) is -2.39. The number of nitrogens with one attached hydrogen (secondary N) is 2. The number of hydrogen-bond acceptors (Lipinski definition) is 11. The summed E-state index contributed by atoms with van der Waals surface area (Å²) >= 11 is 0. The number of pyridine rings is 1. The van der Waals surface area contributed by atoms with Crippen molar-refractivity contribution in [2.45, 2.75) is 81.4 Å². The van der Waals surface area contributed by atoms with Crippen molar-refractivity contribution < 1.29 is 46.6 Å². The van der Waals surface area contributed by atoms with Gasteiger partial charge in [-0.15, -0.1) is 6.58 Å². The second-order valence-electron chi connectivity index (χ2n) is 16.6. The normalized spacial score (nSPS) is 23.1. The number of ether oxygens (including phenoxy) is 3. The Morgan fingerprint density at radius 2 is 1.83 bits per heavy atom. The van der Waals surface area contributed by atoms with Crippen LogP contribution in [0.3, 0.4) is 0 Å². The van der Waals surface area contributed by atoms with E-state index in [9.17, 15) is 32.4 Å². The highest BCUT2D eigenvalue weighted by Crippen LogP contribution is 2.46. The van der Waals surface area contributed by atoms with E-state index in [1.165, 1.54) is 22.0 Å². The highest BCUT2D eigenvalue weighted by atomic mass is 32.2. The third kappa shape index (κ3) is 9.12. The van der Waals surface area contributed by atoms with Crippen LogP contribution in [0, 0.1) is 11.8 Å². The van der Waals surface area contributed by atoms with Gasteiger partial charge in [-0.25, -0.2) is 13.4 Å². The summed E-state index contributed by atoms with van der Waals surface area (Å²) in [5.74, 6) is -3.82. The Morgan fingerprint density at radius 1 is 1.08 bits per heavy atom. The zero-order chi connectivity index (χ0) is 42.3. The van der Waals surface area contributed by atoms with Crippen LogP contribution < -0.4 is 19.5 Å². The zero-order valence-corrected chi connectivity index (χ0v) is 34.3. The molecular weight excluding hydrogens is 779 g/mol. The van der Waals surface area contributed by atoms with Gasteiger partial charge in [-0.2, -0.15) is 0 Å². The smallest absolute Gasteiger partial charge is 0.307 e. The van der Waals surface area contributed by atoms with Crippen molar-refractivity contribution >= 4 is 50.5 Å². The quantitative estimate of drug-likeness (QED) is 0.168. The van der Waals surface area contributed by atoms with E-state index < -0.39 is 74.1 Å². The predicted octanol–water partition coefficient (Wildman–Crippen LogP) is 3.67. The van der Waals surface area contributed by atoms with Gasteiger partial charge < -0.3 is 29.3 Å². The van der Waals surface area contributed by atoms with Gasteiger partial charge in [0, 0.05) is 54.6 Å². The molecule has 2 aromatic carbocycles. The van der Waals surface area contributed by atoms with Gasteiger partial charge in [-0.05, 0) is 52.2 Å². The number of hydrogen-bond donors (Lipinski definition) is 2. The van der Waals surface area contributed by atoms with E-state index in [4.69, 9.17) is 19.2 Å². The Balaban J connectivity index is 1.22. The number of likely N-dealkylation sites (tertiary alicyclic amines) is 1. The molecular formula is C43H49N5O10S. The average Bonchev–Trinajstić information content (AvgIpc) is 4.09. The number of amides is 4. The van der Waals surface area contributed by atoms with Crippen LogP contribution in [0.5, 0.6) is 11.5 Å². The lowest BCUT2D eigenvalue weighted by atomic mass is 10.0. The largest absolute Gasteiger partial charge is 0.497 e. The minimum Gasteiger partial charge on any atom is -0.497 e. The van der Waals surface area contributed by atoms with Crippen LogP contribution >= 0.6 is 0 Å². The third-order valence-electron chi connectivity index (χ3n) is 11.0. The van der Waals surface area contributed by atoms with Crippen molar-refractivity contribution in [3.8, 4) is 22.8 Å². The maximum Gasteiger partial charge on any atom is 0.307 e. The summed E-state index contributed by atoms with van der Waals surface area (Å²) in [4.78, 5) is 76.6. The minimum absolute atomic E-state index is 0.0294. The number of methoxy groups -OCH3 is 1. The molecule has 1 aromatic heterocycles. The summed E-state index contributed by atoms with van der Waals surface area (Å²) in [6.07, 6.45) is 4.32. The van der Waals surface area contributed by atoms with Gasteiger partial charge in [0.2, 0.25) is 27.7 Å². The summed E-state index contributed by atoms with van der Waals surface area (Å²) < 4.78 is 45.5. The molecule has 0 bridgehead atoms. The lowest BCUT2D eigenvalue weighted by Crippen LogP contribution is -2.57. The standard InChI is InChI=1S/C43H49N5O10S/c1-6-28-23-43(28,41(53)46-59(54,55)31-15-16-31)45-39(51)35-21-30(25-48(35)40(52)27(19-38(50)58-42(2,3)4)24-47-18-10-13-37(47)49)57-36-22-33(26-11-8-7-9-12-26)44-34-20-29(56-5)14-17-32(34)36/h6-14,17,20,22,27-28,30-31,35H,1,15-16,18-19,21,23-25H2,2-5H3,(H,45,51)(H,46,53)/t27-,28+,30+,35-,43+/m0/s1. The Bertz CT molecular complexity index is 2320. The molecule has 2 saturated carbocycles. The molecule has 59 heavy (non-hydrogen) atoms. The van der Waals surface area contributed by atoms with Crippen molar-refractivity contribution in [2.24, 2.45) is 11.8 Å². The van der Waals surface area contributed by atoms with Gasteiger partial charge in [-0.3, -0.25) is 28.7 Å². The van der Waals surface area contributed by atoms with Crippen LogP contribution in [-0.2, 0) is 38.7 Å². The maximum atomic E-state index is 14.8. The first-order chi connectivity index (χ1) is 28.0. The molecule has 3 heterocycles. The molecule has 3 aromatic rings. The van der Waals surface area contributed by atoms with Crippen molar-refractivity contribution in [1.29, 1.82) is 0 Å². The molecule has 0 spiro atoms. The first-order valence-electron chi connectivity index (χ1n) is 19.7. The molecule has 2 N–H and O–H groups in total. The number of aromatic nitrogens is 1. The lowest BCUT2D eigenvalue weighted by Gasteiger charge is -2.31. The van der Waals surface area contributed by atoms with Gasteiger partial charge >= 0.3 is 5.97 Å². The molecule has 4 aliphatic rings. The number of esters is 1. The van der Waals surface area contributed by atoms with Crippen molar-refractivity contribution in [3.05, 3.63) is 79.4 Å². The molecule has 2 aliphatic heterocycles. The van der Waals surface area contributed by atoms with Crippen LogP contribution in [0.15, 0.2) is 79.4 Å². The predicted molar refractivity (Wildman–Crippen MR) is 217 cm³/mol. The van der Waals surface area contributed by atoms with Crippen molar-refractivity contribution in [3.63, 3.8) is 0 Å². The molecule has 15 nitrogen and oxygen atoms in total. The fraction of sp³-hybridized carbons (Fsp3) is 0.442. The summed E-state index contributed by atoms with van der Waals surface area (Å²) in [5.41, 5.74) is -0.439. The molecule has 3 fully saturated rings.